The van der Waals surface area contributed by atoms with Gasteiger partial charge in [0.15, 0.2) is 0 Å². The third-order valence-corrected chi connectivity index (χ3v) is 3.25. The summed E-state index contributed by atoms with van der Waals surface area (Å²) in [6.45, 7) is 4.37. The Labute approximate surface area is 104 Å². The van der Waals surface area contributed by atoms with Gasteiger partial charge in [0.05, 0.1) is 11.2 Å². The van der Waals surface area contributed by atoms with Gasteiger partial charge in [0, 0.05) is 10.4 Å². The summed E-state index contributed by atoms with van der Waals surface area (Å²) < 4.78 is 0.982. The number of rotatable bonds is 3. The fourth-order valence-electron chi connectivity index (χ4n) is 1.93. The van der Waals surface area contributed by atoms with E-state index in [0.717, 1.165) is 39.9 Å². The van der Waals surface area contributed by atoms with Crippen LogP contribution in [0.15, 0.2) is 16.6 Å². The van der Waals surface area contributed by atoms with Crippen LogP contribution in [0.2, 0.25) is 0 Å². The molecular weight excluding hydrogens is 266 g/mol. The van der Waals surface area contributed by atoms with Crippen LogP contribution in [0.4, 0.5) is 5.69 Å². The minimum Gasteiger partial charge on any atom is -0.397 e. The molecule has 0 aliphatic rings. The average molecular weight is 282 g/mol. The Balaban J connectivity index is 2.47. The summed E-state index contributed by atoms with van der Waals surface area (Å²) in [5.74, 6) is 1.48. The number of hydrogen-bond acceptors (Lipinski definition) is 2. The zero-order valence-corrected chi connectivity index (χ0v) is 11.1. The van der Waals surface area contributed by atoms with Crippen molar-refractivity contribution in [2.24, 2.45) is 0 Å². The minimum absolute atomic E-state index is 0.454. The molecule has 1 aromatic carbocycles. The molecule has 2 aromatic rings. The third kappa shape index (κ3) is 2.07. The Kier molecular flexibility index (Phi) is 3.19. The Morgan fingerprint density at radius 2 is 2.25 bits per heavy atom. The molecule has 3 N–H and O–H groups in total. The molecule has 0 fully saturated rings. The molecule has 86 valence electrons. The van der Waals surface area contributed by atoms with E-state index in [9.17, 15) is 0 Å². The maximum atomic E-state index is 5.93. The summed E-state index contributed by atoms with van der Waals surface area (Å²) in [5, 5.41) is 0. The predicted octanol–water partition coefficient (Wildman–Crippen LogP) is 3.81. The molecule has 0 bridgehead atoms. The molecule has 0 aliphatic carbocycles. The number of halogens is 1. The molecular formula is C12H16BrN3. The minimum atomic E-state index is 0.454. The predicted molar refractivity (Wildman–Crippen MR) is 71.5 cm³/mol. The SMILES string of the molecule is CCCC(C)c1nc2c(N)cc(Br)cc2[nH]1. The summed E-state index contributed by atoms with van der Waals surface area (Å²) in [6, 6.07) is 3.90. The lowest BCUT2D eigenvalue weighted by molar-refractivity contribution is 0.636. The second-order valence-electron chi connectivity index (χ2n) is 4.20. The number of nitrogens with zero attached hydrogens (tertiary/aromatic N) is 1. The summed E-state index contributed by atoms with van der Waals surface area (Å²) >= 11 is 3.43. The van der Waals surface area contributed by atoms with Crippen LogP contribution in [0.1, 0.15) is 38.4 Å². The highest BCUT2D eigenvalue weighted by molar-refractivity contribution is 9.10. The lowest BCUT2D eigenvalue weighted by Gasteiger charge is -2.04. The van der Waals surface area contributed by atoms with Crippen molar-refractivity contribution in [3.63, 3.8) is 0 Å². The van der Waals surface area contributed by atoms with Gasteiger partial charge in [0.25, 0.3) is 0 Å². The van der Waals surface area contributed by atoms with E-state index in [-0.39, 0.29) is 0 Å². The number of H-pyrrole nitrogens is 1. The van der Waals surface area contributed by atoms with E-state index in [1.807, 2.05) is 12.1 Å². The summed E-state index contributed by atoms with van der Waals surface area (Å²) in [7, 11) is 0. The van der Waals surface area contributed by atoms with Crippen LogP contribution in [0.5, 0.6) is 0 Å². The first-order valence-electron chi connectivity index (χ1n) is 5.56. The number of aromatic amines is 1. The van der Waals surface area contributed by atoms with Gasteiger partial charge in [0.2, 0.25) is 0 Å². The van der Waals surface area contributed by atoms with Gasteiger partial charge in [-0.15, -0.1) is 0 Å². The fourth-order valence-corrected chi connectivity index (χ4v) is 2.41. The van der Waals surface area contributed by atoms with Crippen molar-refractivity contribution in [1.29, 1.82) is 0 Å². The highest BCUT2D eigenvalue weighted by Crippen LogP contribution is 2.27. The van der Waals surface area contributed by atoms with Gasteiger partial charge in [-0.3, -0.25) is 0 Å². The van der Waals surface area contributed by atoms with Crippen LogP contribution in [-0.2, 0) is 0 Å². The van der Waals surface area contributed by atoms with Crippen LogP contribution in [0, 0.1) is 0 Å². The summed E-state index contributed by atoms with van der Waals surface area (Å²) in [6.07, 6.45) is 2.30. The molecule has 1 heterocycles. The molecule has 16 heavy (non-hydrogen) atoms. The number of imidazole rings is 1. The standard InChI is InChI=1S/C12H16BrN3/c1-3-4-7(2)12-15-10-6-8(13)5-9(14)11(10)16-12/h5-7H,3-4,14H2,1-2H3,(H,15,16). The van der Waals surface area contributed by atoms with Gasteiger partial charge in [-0.05, 0) is 18.6 Å². The van der Waals surface area contributed by atoms with E-state index in [2.05, 4.69) is 39.7 Å². The molecule has 3 nitrogen and oxygen atoms in total. The quantitative estimate of drug-likeness (QED) is 0.841. The lowest BCUT2D eigenvalue weighted by atomic mass is 10.1. The average Bonchev–Trinajstić information content (AvgIpc) is 2.62. The number of benzene rings is 1. The number of aromatic nitrogens is 2. The Morgan fingerprint density at radius 1 is 1.50 bits per heavy atom. The zero-order chi connectivity index (χ0) is 11.7. The Morgan fingerprint density at radius 3 is 2.94 bits per heavy atom. The smallest absolute Gasteiger partial charge is 0.112 e. The molecule has 0 saturated heterocycles. The molecule has 0 spiro atoms. The van der Waals surface area contributed by atoms with Crippen molar-refractivity contribution in [2.45, 2.75) is 32.6 Å². The number of nitrogen functional groups attached to an aromatic ring is 1. The Bertz CT molecular complexity index is 504. The largest absolute Gasteiger partial charge is 0.397 e. The van der Waals surface area contributed by atoms with E-state index in [0.29, 0.717) is 5.92 Å². The topological polar surface area (TPSA) is 54.7 Å². The van der Waals surface area contributed by atoms with Gasteiger partial charge >= 0.3 is 0 Å². The maximum Gasteiger partial charge on any atom is 0.112 e. The fraction of sp³-hybridized carbons (Fsp3) is 0.417. The lowest BCUT2D eigenvalue weighted by Crippen LogP contribution is -1.95. The van der Waals surface area contributed by atoms with Gasteiger partial charge in [-0.25, -0.2) is 4.98 Å². The van der Waals surface area contributed by atoms with Crippen molar-refractivity contribution in [1.82, 2.24) is 9.97 Å². The van der Waals surface area contributed by atoms with Crippen molar-refractivity contribution >= 4 is 32.7 Å². The van der Waals surface area contributed by atoms with Gasteiger partial charge in [-0.2, -0.15) is 0 Å². The van der Waals surface area contributed by atoms with Crippen molar-refractivity contribution in [3.8, 4) is 0 Å². The normalized spacial score (nSPS) is 13.2. The van der Waals surface area contributed by atoms with E-state index >= 15 is 0 Å². The van der Waals surface area contributed by atoms with Crippen molar-refractivity contribution in [3.05, 3.63) is 22.4 Å². The second kappa shape index (κ2) is 4.45. The zero-order valence-electron chi connectivity index (χ0n) is 9.55. The number of hydrogen-bond donors (Lipinski definition) is 2. The maximum absolute atomic E-state index is 5.93. The first-order valence-corrected chi connectivity index (χ1v) is 6.35. The second-order valence-corrected chi connectivity index (χ2v) is 5.12. The molecule has 2 rings (SSSR count). The molecule has 4 heteroatoms. The van der Waals surface area contributed by atoms with E-state index < -0.39 is 0 Å². The van der Waals surface area contributed by atoms with E-state index in [1.54, 1.807) is 0 Å². The first kappa shape index (κ1) is 11.5. The number of nitrogens with two attached hydrogens (primary N) is 1. The van der Waals surface area contributed by atoms with Gasteiger partial charge < -0.3 is 10.7 Å². The third-order valence-electron chi connectivity index (χ3n) is 2.79. The summed E-state index contributed by atoms with van der Waals surface area (Å²) in [5.41, 5.74) is 8.53. The Hall–Kier alpha value is -1.03. The van der Waals surface area contributed by atoms with Gasteiger partial charge in [-0.1, -0.05) is 36.2 Å². The highest BCUT2D eigenvalue weighted by Gasteiger charge is 2.11. The van der Waals surface area contributed by atoms with Crippen LogP contribution in [0.25, 0.3) is 11.0 Å². The molecule has 0 saturated carbocycles. The number of anilines is 1. The van der Waals surface area contributed by atoms with Crippen molar-refractivity contribution < 1.29 is 0 Å². The molecule has 0 aliphatic heterocycles. The molecule has 1 unspecified atom stereocenters. The van der Waals surface area contributed by atoms with E-state index in [4.69, 9.17) is 5.73 Å². The molecule has 1 aromatic heterocycles. The monoisotopic (exact) mass is 281 g/mol. The van der Waals surface area contributed by atoms with Crippen LogP contribution in [0.3, 0.4) is 0 Å². The summed E-state index contributed by atoms with van der Waals surface area (Å²) in [4.78, 5) is 7.91. The van der Waals surface area contributed by atoms with Crippen molar-refractivity contribution in [2.75, 3.05) is 5.73 Å². The van der Waals surface area contributed by atoms with Gasteiger partial charge in [0.1, 0.15) is 11.3 Å². The van der Waals surface area contributed by atoms with E-state index in [1.165, 1.54) is 0 Å². The van der Waals surface area contributed by atoms with Crippen LogP contribution < -0.4 is 5.73 Å². The number of fused-ring (bicyclic) bond motifs is 1. The molecule has 0 radical (unpaired) electrons. The van der Waals surface area contributed by atoms with Crippen LogP contribution in [-0.4, -0.2) is 9.97 Å². The highest BCUT2D eigenvalue weighted by atomic mass is 79.9. The molecule has 1 atom stereocenters. The first-order chi connectivity index (χ1) is 7.61. The molecule has 0 amide bonds. The number of nitrogens with one attached hydrogen (secondary N) is 1. The van der Waals surface area contributed by atoms with Crippen LogP contribution >= 0.6 is 15.9 Å².